The second kappa shape index (κ2) is 6.39. The van der Waals surface area contributed by atoms with Gasteiger partial charge in [0.15, 0.2) is 0 Å². The predicted molar refractivity (Wildman–Crippen MR) is 82.4 cm³/mol. The van der Waals surface area contributed by atoms with E-state index in [1.807, 2.05) is 6.07 Å². The van der Waals surface area contributed by atoms with Gasteiger partial charge in [0, 0.05) is 24.8 Å². The van der Waals surface area contributed by atoms with Gasteiger partial charge in [-0.05, 0) is 37.1 Å². The van der Waals surface area contributed by atoms with Gasteiger partial charge in [0.05, 0.1) is 0 Å². The van der Waals surface area contributed by atoms with E-state index in [0.717, 1.165) is 13.1 Å². The quantitative estimate of drug-likeness (QED) is 0.884. The van der Waals surface area contributed by atoms with Crippen molar-refractivity contribution in [3.8, 4) is 0 Å². The molecule has 0 heterocycles. The minimum atomic E-state index is 0.0429. The summed E-state index contributed by atoms with van der Waals surface area (Å²) in [6.45, 7) is 6.08. The van der Waals surface area contributed by atoms with E-state index in [-0.39, 0.29) is 6.04 Å². The average Bonchev–Trinajstić information content (AvgIpc) is 2.46. The number of nitrogens with zero attached hydrogens (tertiary/aromatic N) is 1. The number of rotatable bonds is 5. The van der Waals surface area contributed by atoms with Crippen LogP contribution < -0.4 is 10.6 Å². The summed E-state index contributed by atoms with van der Waals surface area (Å²) in [6, 6.07) is 18.8. The van der Waals surface area contributed by atoms with E-state index < -0.39 is 0 Å². The molecule has 0 fully saturated rings. The Labute approximate surface area is 115 Å². The molecule has 1 atom stereocenters. The van der Waals surface area contributed by atoms with Crippen molar-refractivity contribution in [1.82, 2.24) is 0 Å². The highest BCUT2D eigenvalue weighted by atomic mass is 15.1. The Hall–Kier alpha value is -1.80. The van der Waals surface area contributed by atoms with E-state index in [4.69, 9.17) is 5.73 Å². The van der Waals surface area contributed by atoms with Crippen molar-refractivity contribution in [2.45, 2.75) is 19.9 Å². The van der Waals surface area contributed by atoms with Gasteiger partial charge in [-0.1, -0.05) is 42.5 Å². The van der Waals surface area contributed by atoms with Crippen LogP contribution >= 0.6 is 0 Å². The molecule has 19 heavy (non-hydrogen) atoms. The summed E-state index contributed by atoms with van der Waals surface area (Å²) in [5.74, 6) is 0. The van der Waals surface area contributed by atoms with Crippen molar-refractivity contribution in [2.24, 2.45) is 5.73 Å². The predicted octanol–water partition coefficient (Wildman–Crippen LogP) is 3.52. The van der Waals surface area contributed by atoms with Crippen LogP contribution in [0, 0.1) is 6.92 Å². The molecule has 2 rings (SSSR count). The summed E-state index contributed by atoms with van der Waals surface area (Å²) in [7, 11) is 0. The fourth-order valence-electron chi connectivity index (χ4n) is 2.39. The van der Waals surface area contributed by atoms with Gasteiger partial charge in [0.1, 0.15) is 0 Å². The Bertz CT molecular complexity index is 508. The fourth-order valence-corrected chi connectivity index (χ4v) is 2.39. The Morgan fingerprint density at radius 3 is 2.26 bits per heavy atom. The number of para-hydroxylation sites is 1. The maximum Gasteiger partial charge on any atom is 0.0475 e. The van der Waals surface area contributed by atoms with E-state index in [1.165, 1.54) is 16.8 Å². The highest BCUT2D eigenvalue weighted by Gasteiger charge is 2.13. The Morgan fingerprint density at radius 1 is 1.00 bits per heavy atom. The van der Waals surface area contributed by atoms with E-state index in [2.05, 4.69) is 67.3 Å². The first kappa shape index (κ1) is 13.6. The van der Waals surface area contributed by atoms with Crippen LogP contribution in [0.4, 0.5) is 5.69 Å². The number of hydrogen-bond donors (Lipinski definition) is 1. The largest absolute Gasteiger partial charge is 0.370 e. The van der Waals surface area contributed by atoms with Crippen molar-refractivity contribution in [2.75, 3.05) is 18.0 Å². The second-order valence-electron chi connectivity index (χ2n) is 4.84. The summed E-state index contributed by atoms with van der Waals surface area (Å²) in [4.78, 5) is 2.32. The number of aryl methyl sites for hydroxylation is 1. The molecule has 2 heteroatoms. The zero-order valence-corrected chi connectivity index (χ0v) is 11.7. The molecule has 0 spiro atoms. The highest BCUT2D eigenvalue weighted by molar-refractivity contribution is 5.46. The molecule has 0 aliphatic rings. The number of benzene rings is 2. The first-order valence-electron chi connectivity index (χ1n) is 6.83. The molecule has 100 valence electrons. The van der Waals surface area contributed by atoms with Crippen LogP contribution in [0.2, 0.25) is 0 Å². The number of anilines is 1. The van der Waals surface area contributed by atoms with Gasteiger partial charge in [-0.25, -0.2) is 0 Å². The van der Waals surface area contributed by atoms with Crippen LogP contribution in [0.1, 0.15) is 24.1 Å². The molecule has 2 nitrogen and oxygen atoms in total. The number of likely N-dealkylation sites (N-methyl/N-ethyl adjacent to an activating group) is 1. The molecule has 2 N–H and O–H groups in total. The summed E-state index contributed by atoms with van der Waals surface area (Å²) < 4.78 is 0. The van der Waals surface area contributed by atoms with Gasteiger partial charge >= 0.3 is 0 Å². The highest BCUT2D eigenvalue weighted by Crippen LogP contribution is 2.20. The van der Waals surface area contributed by atoms with Crippen LogP contribution in [0.3, 0.4) is 0 Å². The SMILES string of the molecule is CCN(CC(N)c1ccccc1C)c1ccccc1. The third-order valence-electron chi connectivity index (χ3n) is 3.51. The topological polar surface area (TPSA) is 29.3 Å². The van der Waals surface area contributed by atoms with Crippen molar-refractivity contribution < 1.29 is 0 Å². The van der Waals surface area contributed by atoms with Gasteiger partial charge in [0.2, 0.25) is 0 Å². The third kappa shape index (κ3) is 3.36. The normalized spacial score (nSPS) is 12.2. The molecule has 0 saturated carbocycles. The van der Waals surface area contributed by atoms with E-state index in [0.29, 0.717) is 0 Å². The molecule has 2 aromatic rings. The Kier molecular flexibility index (Phi) is 4.58. The minimum absolute atomic E-state index is 0.0429. The molecule has 1 unspecified atom stereocenters. The molecule has 0 bridgehead atoms. The van der Waals surface area contributed by atoms with Crippen molar-refractivity contribution in [3.63, 3.8) is 0 Å². The van der Waals surface area contributed by atoms with E-state index in [9.17, 15) is 0 Å². The number of hydrogen-bond acceptors (Lipinski definition) is 2. The third-order valence-corrected chi connectivity index (χ3v) is 3.51. The standard InChI is InChI=1S/C17H22N2/c1-3-19(15-10-5-4-6-11-15)13-17(18)16-12-8-7-9-14(16)2/h4-12,17H,3,13,18H2,1-2H3. The minimum Gasteiger partial charge on any atom is -0.370 e. The van der Waals surface area contributed by atoms with E-state index >= 15 is 0 Å². The molecule has 0 aliphatic carbocycles. The van der Waals surface area contributed by atoms with Crippen LogP contribution in [0.5, 0.6) is 0 Å². The zero-order chi connectivity index (χ0) is 13.7. The van der Waals surface area contributed by atoms with Gasteiger partial charge < -0.3 is 10.6 Å². The molecule has 0 aromatic heterocycles. The molecule has 0 saturated heterocycles. The zero-order valence-electron chi connectivity index (χ0n) is 11.7. The Morgan fingerprint density at radius 2 is 1.63 bits per heavy atom. The van der Waals surface area contributed by atoms with E-state index in [1.54, 1.807) is 0 Å². The smallest absolute Gasteiger partial charge is 0.0475 e. The maximum absolute atomic E-state index is 6.37. The number of nitrogens with two attached hydrogens (primary N) is 1. The lowest BCUT2D eigenvalue weighted by Gasteiger charge is -2.27. The van der Waals surface area contributed by atoms with Crippen molar-refractivity contribution in [1.29, 1.82) is 0 Å². The van der Waals surface area contributed by atoms with Gasteiger partial charge in [0.25, 0.3) is 0 Å². The lowest BCUT2D eigenvalue weighted by atomic mass is 10.0. The summed E-state index contributed by atoms with van der Waals surface area (Å²) in [5.41, 5.74) is 10.1. The van der Waals surface area contributed by atoms with Crippen LogP contribution in [0.25, 0.3) is 0 Å². The first-order chi connectivity index (χ1) is 9.22. The molecule has 0 radical (unpaired) electrons. The lowest BCUT2D eigenvalue weighted by Crippen LogP contribution is -2.32. The summed E-state index contributed by atoms with van der Waals surface area (Å²) in [6.07, 6.45) is 0. The summed E-state index contributed by atoms with van der Waals surface area (Å²) in [5, 5.41) is 0. The van der Waals surface area contributed by atoms with Gasteiger partial charge in [-0.3, -0.25) is 0 Å². The van der Waals surface area contributed by atoms with Crippen LogP contribution in [-0.2, 0) is 0 Å². The van der Waals surface area contributed by atoms with Gasteiger partial charge in [-0.2, -0.15) is 0 Å². The van der Waals surface area contributed by atoms with Crippen LogP contribution in [0.15, 0.2) is 54.6 Å². The molecular formula is C17H22N2. The van der Waals surface area contributed by atoms with Crippen molar-refractivity contribution >= 4 is 5.69 Å². The van der Waals surface area contributed by atoms with Crippen LogP contribution in [-0.4, -0.2) is 13.1 Å². The lowest BCUT2D eigenvalue weighted by molar-refractivity contribution is 0.673. The Balaban J connectivity index is 2.13. The monoisotopic (exact) mass is 254 g/mol. The molecule has 2 aromatic carbocycles. The molecular weight excluding hydrogens is 232 g/mol. The maximum atomic E-state index is 6.37. The second-order valence-corrected chi connectivity index (χ2v) is 4.84. The summed E-state index contributed by atoms with van der Waals surface area (Å²) >= 11 is 0. The van der Waals surface area contributed by atoms with Crippen molar-refractivity contribution in [3.05, 3.63) is 65.7 Å². The average molecular weight is 254 g/mol. The molecule has 0 aliphatic heterocycles. The first-order valence-corrected chi connectivity index (χ1v) is 6.83. The molecule has 0 amide bonds. The van der Waals surface area contributed by atoms with Gasteiger partial charge in [-0.15, -0.1) is 0 Å². The fraction of sp³-hybridized carbons (Fsp3) is 0.294.